The molecule has 0 amide bonds. The van der Waals surface area contributed by atoms with E-state index in [1.165, 1.54) is 0 Å². The number of pyridine rings is 2. The summed E-state index contributed by atoms with van der Waals surface area (Å²) < 4.78 is 30.2. The van der Waals surface area contributed by atoms with Crippen LogP contribution in [-0.2, 0) is 56.2 Å². The van der Waals surface area contributed by atoms with E-state index < -0.39 is 0 Å². The zero-order chi connectivity index (χ0) is 59.8. The predicted molar refractivity (Wildman–Crippen MR) is 354 cm³/mol. The number of aromatic nitrogens is 8. The number of nitrogens with zero attached hydrogens (tertiary/aromatic N) is 8. The van der Waals surface area contributed by atoms with Crippen molar-refractivity contribution < 1.29 is 59.8 Å². The second-order valence-corrected chi connectivity index (χ2v) is 22.2. The van der Waals surface area contributed by atoms with Crippen LogP contribution in [0.2, 0.25) is 0 Å². The van der Waals surface area contributed by atoms with Crippen LogP contribution in [0, 0.1) is 24.3 Å². The van der Waals surface area contributed by atoms with E-state index in [1.54, 1.807) is 50.1 Å². The average Bonchev–Trinajstić information content (AvgIpc) is 1.61. The minimum absolute atomic E-state index is 0. The van der Waals surface area contributed by atoms with E-state index in [1.807, 2.05) is 79.1 Å². The van der Waals surface area contributed by atoms with Gasteiger partial charge in [0.15, 0.2) is 0 Å². The Hall–Kier alpha value is -10.9. The fourth-order valence-electron chi connectivity index (χ4n) is 12.5. The molecule has 8 aromatic carbocycles. The van der Waals surface area contributed by atoms with Gasteiger partial charge in [-0.1, -0.05) is 83.1 Å². The number of imidazole rings is 2. The summed E-state index contributed by atoms with van der Waals surface area (Å²) in [5.74, 6) is 1.69. The summed E-state index contributed by atoms with van der Waals surface area (Å²) in [7, 11) is 4.11. The Morgan fingerprint density at radius 2 is 0.848 bits per heavy atom. The molecule has 444 valence electrons. The van der Waals surface area contributed by atoms with Crippen molar-refractivity contribution in [3.8, 4) is 101 Å². The number of furan rings is 4. The largest absolute Gasteiger partial charge is 2.00 e. The summed E-state index contributed by atoms with van der Waals surface area (Å²) in [5.41, 5.74) is 23.5. The van der Waals surface area contributed by atoms with Gasteiger partial charge in [0.1, 0.15) is 0 Å². The summed E-state index contributed by atoms with van der Waals surface area (Å²) in [6.07, 6.45) is 17.5. The van der Waals surface area contributed by atoms with Gasteiger partial charge in [0.25, 0.3) is 0 Å². The minimum Gasteiger partial charge on any atom is -0.472 e. The van der Waals surface area contributed by atoms with Gasteiger partial charge in [-0.25, -0.2) is 0 Å². The molecule has 0 atom stereocenters. The monoisotopic (exact) mass is 1550 g/mol. The third kappa shape index (κ3) is 10.0. The van der Waals surface area contributed by atoms with Crippen LogP contribution in [0.5, 0.6) is 0 Å². The van der Waals surface area contributed by atoms with Crippen molar-refractivity contribution in [2.24, 2.45) is 14.1 Å². The number of para-hydroxylation sites is 1. The molecule has 0 fully saturated rings. The van der Waals surface area contributed by atoms with E-state index in [0.29, 0.717) is 0 Å². The van der Waals surface area contributed by atoms with Crippen molar-refractivity contribution in [3.63, 3.8) is 0 Å². The molecule has 0 N–H and O–H groups in total. The second-order valence-electron chi connectivity index (χ2n) is 22.2. The zero-order valence-electron chi connectivity index (χ0n) is 49.1. The molecule has 18 rings (SSSR count). The first-order valence-corrected chi connectivity index (χ1v) is 29.4. The SMILES string of the molecule is Cn1c(-c2[c-]c3c(cc2)c2cc(-c4ccoc4)ccc2n3-c2[c-]c(-c3ccccn3)ccc2)nc2cc(-c3ccoc3)ccc21.Cn1c(-c2[c-]c3c(cc2)c2ccccc2n3-c2[c-]c(-c3ccccn3)cc(-c3ccoc3)c2)nc2ccc(-c3ccoc3)cc21.[Pt+2].[Pt+2]. The fourth-order valence-corrected chi connectivity index (χ4v) is 12.5. The Labute approximate surface area is 555 Å². The van der Waals surface area contributed by atoms with Crippen LogP contribution in [0.3, 0.4) is 0 Å². The normalized spacial score (nSPS) is 11.4. The van der Waals surface area contributed by atoms with Crippen LogP contribution in [0.25, 0.3) is 167 Å². The van der Waals surface area contributed by atoms with Gasteiger partial charge in [0.2, 0.25) is 0 Å². The Bertz CT molecular complexity index is 5690. The van der Waals surface area contributed by atoms with Crippen molar-refractivity contribution in [3.05, 3.63) is 281 Å². The van der Waals surface area contributed by atoms with Gasteiger partial charge in [-0.15, -0.1) is 101 Å². The molecule has 0 aliphatic carbocycles. The summed E-state index contributed by atoms with van der Waals surface area (Å²) >= 11 is 0. The van der Waals surface area contributed by atoms with E-state index in [9.17, 15) is 0 Å². The van der Waals surface area contributed by atoms with E-state index in [-0.39, 0.29) is 42.1 Å². The fraction of sp³-hybridized carbons (Fsp3) is 0.0256. The number of hydrogen-bond acceptors (Lipinski definition) is 8. The Morgan fingerprint density at radius 3 is 1.48 bits per heavy atom. The topological polar surface area (TPSA) is 124 Å². The quantitative estimate of drug-likeness (QED) is 0.124. The van der Waals surface area contributed by atoms with Crippen molar-refractivity contribution in [2.75, 3.05) is 0 Å². The number of rotatable bonds is 10. The number of aryl methyl sites for hydroxylation is 2. The molecule has 0 bridgehead atoms. The first-order chi connectivity index (χ1) is 44.4. The maximum atomic E-state index is 5.46. The molecule has 10 aromatic heterocycles. The van der Waals surface area contributed by atoms with Crippen LogP contribution in [0.15, 0.2) is 274 Å². The molecule has 0 spiro atoms. The van der Waals surface area contributed by atoms with E-state index in [0.717, 1.165) is 167 Å². The van der Waals surface area contributed by atoms with Crippen molar-refractivity contribution in [1.82, 2.24) is 38.2 Å². The molecule has 0 radical (unpaired) electrons. The number of fused-ring (bicyclic) bond motifs is 8. The van der Waals surface area contributed by atoms with E-state index >= 15 is 0 Å². The molecule has 0 unspecified atom stereocenters. The van der Waals surface area contributed by atoms with Crippen LogP contribution in [-0.4, -0.2) is 38.2 Å². The zero-order valence-corrected chi connectivity index (χ0v) is 53.6. The molecule has 92 heavy (non-hydrogen) atoms. The van der Waals surface area contributed by atoms with Crippen molar-refractivity contribution in [2.45, 2.75) is 0 Å². The Kier molecular flexibility index (Phi) is 14.9. The maximum Gasteiger partial charge on any atom is 2.00 e. The van der Waals surface area contributed by atoms with Gasteiger partial charge in [-0.05, 0) is 134 Å². The average molecular weight is 1550 g/mol. The Morgan fingerprint density at radius 1 is 0.326 bits per heavy atom. The van der Waals surface area contributed by atoms with Crippen LogP contribution in [0.1, 0.15) is 0 Å². The maximum absolute atomic E-state index is 5.46. The molecule has 12 nitrogen and oxygen atoms in total. The second kappa shape index (κ2) is 23.8. The van der Waals surface area contributed by atoms with E-state index in [2.05, 4.69) is 194 Å². The summed E-state index contributed by atoms with van der Waals surface area (Å²) in [6.45, 7) is 0. The summed E-state index contributed by atoms with van der Waals surface area (Å²) in [4.78, 5) is 19.3. The molecule has 10 heterocycles. The van der Waals surface area contributed by atoms with Gasteiger partial charge >= 0.3 is 42.1 Å². The molecule has 0 saturated heterocycles. The predicted octanol–water partition coefficient (Wildman–Crippen LogP) is 19.0. The number of hydrogen-bond donors (Lipinski definition) is 0. The standard InChI is InChI=1S/2C39H24N4O2.2Pt/c1-42-37-13-10-26(30-15-18-45-24-30)21-35(37)41-39(42)28-8-11-32-33-20-25(29-14-17-44-23-29)9-12-36(33)43(38(32)22-28)31-6-4-5-27(19-31)34-7-2-3-16-40-34;1-42-38-21-25(27-13-16-44-23-27)10-12-35(38)41-39(42)26-9-11-33-32-6-2-3-8-36(32)43(37(33)22-26)31-19-29(28-14-17-45-24-28)18-30(20-31)34-7-4-5-15-40-34;;/h2-18,20-21,23-24H,1H3;2-19,21,23-24H,1H3;;/q2*-2;2*+2. The van der Waals surface area contributed by atoms with Crippen LogP contribution in [0.4, 0.5) is 0 Å². The van der Waals surface area contributed by atoms with Gasteiger partial charge in [-0.2, -0.15) is 0 Å². The summed E-state index contributed by atoms with van der Waals surface area (Å²) in [5, 5.41) is 4.47. The molecular formula is C78H48N8O4Pt2. The minimum atomic E-state index is 0. The molecule has 0 aliphatic rings. The number of benzene rings is 8. The van der Waals surface area contributed by atoms with Gasteiger partial charge < -0.3 is 45.9 Å². The van der Waals surface area contributed by atoms with Crippen LogP contribution < -0.4 is 0 Å². The first kappa shape index (κ1) is 57.5. The molecular weight excluding hydrogens is 1500 g/mol. The van der Waals surface area contributed by atoms with Gasteiger partial charge in [-0.3, -0.25) is 9.97 Å². The molecule has 0 aliphatic heterocycles. The molecule has 0 saturated carbocycles. The third-order valence-corrected chi connectivity index (χ3v) is 16.9. The summed E-state index contributed by atoms with van der Waals surface area (Å²) in [6, 6.07) is 81.2. The smallest absolute Gasteiger partial charge is 0.472 e. The first-order valence-electron chi connectivity index (χ1n) is 29.4. The third-order valence-electron chi connectivity index (χ3n) is 16.9. The van der Waals surface area contributed by atoms with Crippen LogP contribution >= 0.6 is 0 Å². The van der Waals surface area contributed by atoms with Crippen molar-refractivity contribution in [1.29, 1.82) is 0 Å². The Balaban J connectivity index is 0.000000149. The van der Waals surface area contributed by atoms with Gasteiger partial charge in [0.05, 0.1) is 83.8 Å². The molecule has 18 aromatic rings. The molecule has 14 heteroatoms. The van der Waals surface area contributed by atoms with E-state index in [4.69, 9.17) is 27.6 Å². The van der Waals surface area contributed by atoms with Crippen molar-refractivity contribution >= 4 is 65.7 Å². The van der Waals surface area contributed by atoms with Gasteiger partial charge in [0, 0.05) is 59.8 Å².